The van der Waals surface area contributed by atoms with E-state index in [2.05, 4.69) is 5.32 Å². The molecule has 1 N–H and O–H groups in total. The van der Waals surface area contributed by atoms with Gasteiger partial charge in [0, 0.05) is 13.2 Å². The molecule has 11 nitrogen and oxygen atoms in total. The number of hydrogen-bond acceptors (Lipinski definition) is 10. The van der Waals surface area contributed by atoms with Crippen molar-refractivity contribution in [2.75, 3.05) is 99.0 Å². The summed E-state index contributed by atoms with van der Waals surface area (Å²) in [4.78, 5) is 11.6. The third-order valence-corrected chi connectivity index (χ3v) is 5.26. The molecule has 0 radical (unpaired) electrons. The molecule has 1 amide bonds. The lowest BCUT2D eigenvalue weighted by Gasteiger charge is -2.22. The molecule has 218 valence electrons. The number of alkyl carbamates (subject to hydrolysis) is 1. The van der Waals surface area contributed by atoms with Crippen LogP contribution in [0.15, 0.2) is 30.3 Å². The van der Waals surface area contributed by atoms with E-state index in [1.165, 1.54) is 0 Å². The quantitative estimate of drug-likeness (QED) is 0.195. The van der Waals surface area contributed by atoms with Crippen LogP contribution in [0, 0.1) is 0 Å². The van der Waals surface area contributed by atoms with Gasteiger partial charge >= 0.3 is 6.09 Å². The summed E-state index contributed by atoms with van der Waals surface area (Å²) in [7, 11) is 0. The Morgan fingerprint density at radius 3 is 1.76 bits per heavy atom. The molecule has 0 aliphatic carbocycles. The number of hydrogen-bond donors (Lipinski definition) is 1. The van der Waals surface area contributed by atoms with Gasteiger partial charge in [0.1, 0.15) is 6.61 Å². The average molecular weight is 544 g/mol. The van der Waals surface area contributed by atoms with Gasteiger partial charge in [-0.25, -0.2) is 4.79 Å². The van der Waals surface area contributed by atoms with Crippen LogP contribution in [0.3, 0.4) is 0 Å². The Kier molecular flexibility index (Phi) is 20.6. The largest absolute Gasteiger partial charge is 0.445 e. The highest BCUT2D eigenvalue weighted by atomic mass is 16.7. The van der Waals surface area contributed by atoms with Crippen molar-refractivity contribution in [1.29, 1.82) is 0 Å². The summed E-state index contributed by atoms with van der Waals surface area (Å²) in [6.45, 7) is 7.84. The van der Waals surface area contributed by atoms with E-state index in [1.54, 1.807) is 0 Å². The summed E-state index contributed by atoms with van der Waals surface area (Å²) < 4.78 is 48.9. The standard InChI is InChI=1S/C27H45NO10/c29-27(38-24-25-6-2-1-3-7-25)28-9-11-30-12-13-31-14-15-32-16-17-33-18-19-34-20-21-35-22-23-37-26-8-4-5-10-36-26/h1-3,6-7,26H,4-5,8-24H2,(H,28,29). The molecule has 1 atom stereocenters. The van der Waals surface area contributed by atoms with Crippen LogP contribution in [0.5, 0.6) is 0 Å². The molecular formula is C27H45NO10. The molecule has 2 rings (SSSR count). The minimum Gasteiger partial charge on any atom is -0.445 e. The van der Waals surface area contributed by atoms with E-state index in [1.807, 2.05) is 30.3 Å². The molecule has 1 aliphatic rings. The molecule has 1 unspecified atom stereocenters. The number of amides is 1. The minimum atomic E-state index is -0.463. The van der Waals surface area contributed by atoms with Gasteiger partial charge in [0.15, 0.2) is 6.29 Å². The highest BCUT2D eigenvalue weighted by Crippen LogP contribution is 2.13. The number of rotatable bonds is 24. The van der Waals surface area contributed by atoms with Gasteiger partial charge < -0.3 is 47.9 Å². The van der Waals surface area contributed by atoms with Crippen LogP contribution < -0.4 is 5.32 Å². The van der Waals surface area contributed by atoms with E-state index < -0.39 is 6.09 Å². The van der Waals surface area contributed by atoms with Crippen molar-refractivity contribution in [2.24, 2.45) is 0 Å². The van der Waals surface area contributed by atoms with E-state index in [0.29, 0.717) is 92.4 Å². The van der Waals surface area contributed by atoms with Gasteiger partial charge in [0.2, 0.25) is 0 Å². The fraction of sp³-hybridized carbons (Fsp3) is 0.741. The fourth-order valence-corrected chi connectivity index (χ4v) is 3.28. The number of nitrogens with one attached hydrogen (secondary N) is 1. The van der Waals surface area contributed by atoms with E-state index in [0.717, 1.165) is 31.4 Å². The summed E-state index contributed by atoms with van der Waals surface area (Å²) in [5.41, 5.74) is 0.943. The number of carbonyl (C=O) groups is 1. The maximum Gasteiger partial charge on any atom is 0.407 e. The van der Waals surface area contributed by atoms with Crippen LogP contribution in [-0.2, 0) is 49.2 Å². The van der Waals surface area contributed by atoms with E-state index in [4.69, 9.17) is 42.6 Å². The molecule has 1 aromatic carbocycles. The Hall–Kier alpha value is -1.83. The van der Waals surface area contributed by atoms with Crippen molar-refractivity contribution in [3.8, 4) is 0 Å². The van der Waals surface area contributed by atoms with Crippen LogP contribution in [-0.4, -0.2) is 111 Å². The Morgan fingerprint density at radius 2 is 1.24 bits per heavy atom. The van der Waals surface area contributed by atoms with Gasteiger partial charge in [0.05, 0.1) is 85.9 Å². The Balaban J connectivity index is 1.19. The molecule has 11 heteroatoms. The second kappa shape index (κ2) is 24.2. The molecule has 1 aliphatic heterocycles. The molecular weight excluding hydrogens is 498 g/mol. The highest BCUT2D eigenvalue weighted by Gasteiger charge is 2.13. The third-order valence-electron chi connectivity index (χ3n) is 5.26. The molecule has 0 spiro atoms. The zero-order chi connectivity index (χ0) is 26.8. The van der Waals surface area contributed by atoms with Crippen molar-refractivity contribution in [3.05, 3.63) is 35.9 Å². The molecule has 1 fully saturated rings. The molecule has 0 aromatic heterocycles. The summed E-state index contributed by atoms with van der Waals surface area (Å²) in [6, 6.07) is 9.52. The third kappa shape index (κ3) is 19.3. The second-order valence-electron chi connectivity index (χ2n) is 8.33. The molecule has 1 aromatic rings. The van der Waals surface area contributed by atoms with Crippen molar-refractivity contribution in [1.82, 2.24) is 5.32 Å². The van der Waals surface area contributed by atoms with Gasteiger partial charge in [-0.15, -0.1) is 0 Å². The Morgan fingerprint density at radius 1 is 0.711 bits per heavy atom. The van der Waals surface area contributed by atoms with Gasteiger partial charge in [-0.1, -0.05) is 30.3 Å². The molecule has 1 saturated heterocycles. The summed E-state index contributed by atoms with van der Waals surface area (Å²) >= 11 is 0. The molecule has 38 heavy (non-hydrogen) atoms. The number of benzene rings is 1. The van der Waals surface area contributed by atoms with Crippen molar-refractivity contribution >= 4 is 6.09 Å². The molecule has 0 saturated carbocycles. The average Bonchev–Trinajstić information content (AvgIpc) is 2.95. The Bertz CT molecular complexity index is 661. The maximum absolute atomic E-state index is 11.6. The topological polar surface area (TPSA) is 112 Å². The second-order valence-corrected chi connectivity index (χ2v) is 8.33. The SMILES string of the molecule is O=C(NCCOCCOCCOCCOCCOCCOCCOC1CCCCO1)OCc1ccccc1. The Labute approximate surface area is 226 Å². The van der Waals surface area contributed by atoms with Gasteiger partial charge in [-0.3, -0.25) is 0 Å². The van der Waals surface area contributed by atoms with E-state index in [-0.39, 0.29) is 12.9 Å². The monoisotopic (exact) mass is 543 g/mol. The van der Waals surface area contributed by atoms with Crippen molar-refractivity contribution in [2.45, 2.75) is 32.2 Å². The molecule has 1 heterocycles. The lowest BCUT2D eigenvalue weighted by Crippen LogP contribution is -2.28. The zero-order valence-corrected chi connectivity index (χ0v) is 22.5. The highest BCUT2D eigenvalue weighted by molar-refractivity contribution is 5.67. The maximum atomic E-state index is 11.6. The van der Waals surface area contributed by atoms with Gasteiger partial charge in [-0.05, 0) is 24.8 Å². The fourth-order valence-electron chi connectivity index (χ4n) is 3.28. The predicted molar refractivity (Wildman–Crippen MR) is 139 cm³/mol. The first-order valence-corrected chi connectivity index (χ1v) is 13.5. The van der Waals surface area contributed by atoms with Gasteiger partial charge in [-0.2, -0.15) is 0 Å². The van der Waals surface area contributed by atoms with Crippen LogP contribution >= 0.6 is 0 Å². The summed E-state index contributed by atoms with van der Waals surface area (Å²) in [6.07, 6.45) is 2.72. The normalized spacial score (nSPS) is 15.4. The predicted octanol–water partition coefficient (Wildman–Crippen LogP) is 2.56. The summed E-state index contributed by atoms with van der Waals surface area (Å²) in [5, 5.41) is 2.64. The number of carbonyl (C=O) groups excluding carboxylic acids is 1. The van der Waals surface area contributed by atoms with Crippen molar-refractivity contribution in [3.63, 3.8) is 0 Å². The lowest BCUT2D eigenvalue weighted by molar-refractivity contribution is -0.169. The number of ether oxygens (including phenoxy) is 9. The summed E-state index contributed by atoms with van der Waals surface area (Å²) in [5.74, 6) is 0. The first kappa shape index (κ1) is 32.4. The van der Waals surface area contributed by atoms with Crippen LogP contribution in [0.1, 0.15) is 24.8 Å². The van der Waals surface area contributed by atoms with Crippen LogP contribution in [0.2, 0.25) is 0 Å². The first-order chi connectivity index (χ1) is 18.8. The van der Waals surface area contributed by atoms with Crippen molar-refractivity contribution < 1.29 is 47.4 Å². The zero-order valence-electron chi connectivity index (χ0n) is 22.5. The van der Waals surface area contributed by atoms with E-state index in [9.17, 15) is 4.79 Å². The molecule has 0 bridgehead atoms. The van der Waals surface area contributed by atoms with Gasteiger partial charge in [0.25, 0.3) is 0 Å². The minimum absolute atomic E-state index is 0.0675. The first-order valence-electron chi connectivity index (χ1n) is 13.5. The van der Waals surface area contributed by atoms with Crippen LogP contribution in [0.25, 0.3) is 0 Å². The lowest BCUT2D eigenvalue weighted by atomic mass is 10.2. The smallest absolute Gasteiger partial charge is 0.407 e. The van der Waals surface area contributed by atoms with E-state index >= 15 is 0 Å². The van der Waals surface area contributed by atoms with Crippen LogP contribution in [0.4, 0.5) is 4.79 Å².